The number of hydrogen-bond donors (Lipinski definition) is 2. The predicted octanol–water partition coefficient (Wildman–Crippen LogP) is 2.71. The largest absolute Gasteiger partial charge is 0.375 e. The molecular formula is C15H14FN3O3. The van der Waals surface area contributed by atoms with E-state index in [1.54, 1.807) is 31.3 Å². The van der Waals surface area contributed by atoms with Crippen LogP contribution in [0, 0.1) is 15.9 Å². The quantitative estimate of drug-likeness (QED) is 0.657. The summed E-state index contributed by atoms with van der Waals surface area (Å²) in [5.74, 6) is -1.08. The van der Waals surface area contributed by atoms with Gasteiger partial charge < -0.3 is 10.6 Å². The van der Waals surface area contributed by atoms with Crippen molar-refractivity contribution in [3.63, 3.8) is 0 Å². The number of amides is 1. The number of carbonyl (C=O) groups excluding carboxylic acids is 1. The van der Waals surface area contributed by atoms with Gasteiger partial charge in [0, 0.05) is 19.2 Å². The van der Waals surface area contributed by atoms with E-state index >= 15 is 0 Å². The van der Waals surface area contributed by atoms with Gasteiger partial charge >= 0.3 is 5.69 Å². The van der Waals surface area contributed by atoms with E-state index in [9.17, 15) is 19.3 Å². The minimum atomic E-state index is -0.884. The molecule has 0 aliphatic heterocycles. The van der Waals surface area contributed by atoms with Crippen LogP contribution in [0.5, 0.6) is 0 Å². The van der Waals surface area contributed by atoms with Gasteiger partial charge in [-0.25, -0.2) is 0 Å². The summed E-state index contributed by atoms with van der Waals surface area (Å²) in [5, 5.41) is 16.2. The lowest BCUT2D eigenvalue weighted by Gasteiger charge is -2.08. The second-order valence-electron chi connectivity index (χ2n) is 4.52. The number of halogens is 1. The van der Waals surface area contributed by atoms with Crippen molar-refractivity contribution in [3.8, 4) is 0 Å². The van der Waals surface area contributed by atoms with E-state index in [1.807, 2.05) is 0 Å². The molecule has 0 fully saturated rings. The number of nitrogens with one attached hydrogen (secondary N) is 2. The van der Waals surface area contributed by atoms with Gasteiger partial charge in [-0.1, -0.05) is 18.2 Å². The summed E-state index contributed by atoms with van der Waals surface area (Å²) < 4.78 is 13.5. The Morgan fingerprint density at radius 2 is 1.91 bits per heavy atom. The molecule has 0 bridgehead atoms. The number of para-hydroxylation sites is 1. The Labute approximate surface area is 126 Å². The lowest BCUT2D eigenvalue weighted by molar-refractivity contribution is -0.386. The van der Waals surface area contributed by atoms with Gasteiger partial charge in [0.1, 0.15) is 5.69 Å². The van der Waals surface area contributed by atoms with Crippen LogP contribution in [-0.4, -0.2) is 17.9 Å². The standard InChI is InChI=1S/C15H14FN3O3/c1-17-15(20)11-7-5-10(6-8-11)9-18-13-4-2-3-12(16)14(13)19(21)22/h2-8,18H,9H2,1H3,(H,17,20). The maximum absolute atomic E-state index is 13.5. The van der Waals surface area contributed by atoms with Gasteiger partial charge in [-0.3, -0.25) is 14.9 Å². The van der Waals surface area contributed by atoms with Crippen LogP contribution < -0.4 is 10.6 Å². The first kappa shape index (κ1) is 15.4. The molecule has 0 unspecified atom stereocenters. The average molecular weight is 303 g/mol. The number of anilines is 1. The summed E-state index contributed by atoms with van der Waals surface area (Å²) in [6.07, 6.45) is 0. The molecule has 2 N–H and O–H groups in total. The summed E-state index contributed by atoms with van der Waals surface area (Å²) in [6, 6.07) is 10.6. The van der Waals surface area contributed by atoms with Crippen molar-refractivity contribution >= 4 is 17.3 Å². The summed E-state index contributed by atoms with van der Waals surface area (Å²) in [5.41, 5.74) is 0.860. The molecule has 2 aromatic carbocycles. The molecule has 0 spiro atoms. The van der Waals surface area contributed by atoms with E-state index in [4.69, 9.17) is 0 Å². The van der Waals surface area contributed by atoms with Gasteiger partial charge in [0.2, 0.25) is 5.82 Å². The van der Waals surface area contributed by atoms with Crippen LogP contribution in [0.4, 0.5) is 15.8 Å². The highest BCUT2D eigenvalue weighted by Crippen LogP contribution is 2.27. The SMILES string of the molecule is CNC(=O)c1ccc(CNc2cccc(F)c2[N+](=O)[O-])cc1. The topological polar surface area (TPSA) is 84.3 Å². The zero-order valence-corrected chi connectivity index (χ0v) is 11.8. The summed E-state index contributed by atoms with van der Waals surface area (Å²) in [4.78, 5) is 21.5. The molecule has 0 aliphatic carbocycles. The van der Waals surface area contributed by atoms with Crippen LogP contribution in [0.1, 0.15) is 15.9 Å². The van der Waals surface area contributed by atoms with E-state index in [2.05, 4.69) is 10.6 Å². The maximum Gasteiger partial charge on any atom is 0.327 e. The third kappa shape index (κ3) is 3.38. The third-order valence-electron chi connectivity index (χ3n) is 3.10. The Morgan fingerprint density at radius 3 is 2.50 bits per heavy atom. The first-order valence-corrected chi connectivity index (χ1v) is 6.50. The highest BCUT2D eigenvalue weighted by molar-refractivity contribution is 5.93. The van der Waals surface area contributed by atoms with E-state index in [1.165, 1.54) is 12.1 Å². The average Bonchev–Trinajstić information content (AvgIpc) is 2.52. The van der Waals surface area contributed by atoms with E-state index in [-0.39, 0.29) is 18.1 Å². The molecule has 0 atom stereocenters. The number of carbonyl (C=O) groups is 1. The Hall–Kier alpha value is -2.96. The Bertz CT molecular complexity index is 702. The van der Waals surface area contributed by atoms with Gasteiger partial charge in [-0.05, 0) is 29.8 Å². The van der Waals surface area contributed by atoms with Gasteiger partial charge in [0.15, 0.2) is 0 Å². The van der Waals surface area contributed by atoms with Crippen molar-refractivity contribution in [3.05, 3.63) is 69.5 Å². The summed E-state index contributed by atoms with van der Waals surface area (Å²) in [7, 11) is 1.54. The number of nitro groups is 1. The molecule has 114 valence electrons. The zero-order chi connectivity index (χ0) is 16.1. The fourth-order valence-corrected chi connectivity index (χ4v) is 1.96. The molecule has 0 aliphatic rings. The van der Waals surface area contributed by atoms with Crippen LogP contribution in [0.2, 0.25) is 0 Å². The lowest BCUT2D eigenvalue weighted by atomic mass is 10.1. The van der Waals surface area contributed by atoms with Crippen molar-refractivity contribution in [2.24, 2.45) is 0 Å². The number of rotatable bonds is 5. The van der Waals surface area contributed by atoms with E-state index in [0.29, 0.717) is 5.56 Å². The van der Waals surface area contributed by atoms with Gasteiger partial charge in [0.05, 0.1) is 4.92 Å². The van der Waals surface area contributed by atoms with Crippen molar-refractivity contribution in [2.45, 2.75) is 6.54 Å². The van der Waals surface area contributed by atoms with Crippen molar-refractivity contribution in [1.82, 2.24) is 5.32 Å². The summed E-state index contributed by atoms with van der Waals surface area (Å²) >= 11 is 0. The molecule has 0 radical (unpaired) electrons. The monoisotopic (exact) mass is 303 g/mol. The lowest BCUT2D eigenvalue weighted by Crippen LogP contribution is -2.17. The maximum atomic E-state index is 13.5. The minimum Gasteiger partial charge on any atom is -0.375 e. The minimum absolute atomic E-state index is 0.111. The zero-order valence-electron chi connectivity index (χ0n) is 11.8. The molecule has 0 aromatic heterocycles. The number of nitrogens with zero attached hydrogens (tertiary/aromatic N) is 1. The first-order chi connectivity index (χ1) is 10.5. The highest BCUT2D eigenvalue weighted by Gasteiger charge is 2.19. The molecule has 0 saturated carbocycles. The van der Waals surface area contributed by atoms with Gasteiger partial charge in [-0.15, -0.1) is 0 Å². The molecule has 0 heterocycles. The van der Waals surface area contributed by atoms with Crippen molar-refractivity contribution in [1.29, 1.82) is 0 Å². The predicted molar refractivity (Wildman–Crippen MR) is 80.2 cm³/mol. The Morgan fingerprint density at radius 1 is 1.23 bits per heavy atom. The molecule has 22 heavy (non-hydrogen) atoms. The molecule has 1 amide bonds. The normalized spacial score (nSPS) is 10.1. The highest BCUT2D eigenvalue weighted by atomic mass is 19.1. The number of nitro benzene ring substituents is 1. The van der Waals surface area contributed by atoms with E-state index < -0.39 is 16.4 Å². The smallest absolute Gasteiger partial charge is 0.327 e. The first-order valence-electron chi connectivity index (χ1n) is 6.50. The second kappa shape index (κ2) is 6.66. The van der Waals surface area contributed by atoms with Crippen LogP contribution in [0.3, 0.4) is 0 Å². The second-order valence-corrected chi connectivity index (χ2v) is 4.52. The van der Waals surface area contributed by atoms with Crippen LogP contribution >= 0.6 is 0 Å². The van der Waals surface area contributed by atoms with Crippen LogP contribution in [-0.2, 0) is 6.54 Å². The third-order valence-corrected chi connectivity index (χ3v) is 3.10. The van der Waals surface area contributed by atoms with Crippen molar-refractivity contribution in [2.75, 3.05) is 12.4 Å². The Balaban J connectivity index is 2.12. The molecule has 0 saturated heterocycles. The van der Waals surface area contributed by atoms with Gasteiger partial charge in [0.25, 0.3) is 5.91 Å². The van der Waals surface area contributed by atoms with Crippen molar-refractivity contribution < 1.29 is 14.1 Å². The fraction of sp³-hybridized carbons (Fsp3) is 0.133. The molecule has 2 aromatic rings. The summed E-state index contributed by atoms with van der Waals surface area (Å²) in [6.45, 7) is 0.276. The Kier molecular flexibility index (Phi) is 4.67. The molecule has 6 nitrogen and oxygen atoms in total. The molecular weight excluding hydrogens is 289 g/mol. The molecule has 7 heteroatoms. The fourth-order valence-electron chi connectivity index (χ4n) is 1.96. The number of benzene rings is 2. The number of hydrogen-bond acceptors (Lipinski definition) is 4. The van der Waals surface area contributed by atoms with E-state index in [0.717, 1.165) is 11.6 Å². The van der Waals surface area contributed by atoms with Gasteiger partial charge in [-0.2, -0.15) is 4.39 Å². The molecule has 2 rings (SSSR count). The van der Waals surface area contributed by atoms with Crippen LogP contribution in [0.15, 0.2) is 42.5 Å². The van der Waals surface area contributed by atoms with Crippen LogP contribution in [0.25, 0.3) is 0 Å².